The predicted octanol–water partition coefficient (Wildman–Crippen LogP) is 1.77. The number of nitrogens with zero attached hydrogens (tertiary/aromatic N) is 2. The molecule has 1 N–H and O–H groups in total. The van der Waals surface area contributed by atoms with Crippen LogP contribution in [0, 0.1) is 11.3 Å². The lowest BCUT2D eigenvalue weighted by molar-refractivity contribution is 0.203. The van der Waals surface area contributed by atoms with Gasteiger partial charge in [0.2, 0.25) is 0 Å². The lowest BCUT2D eigenvalue weighted by atomic mass is 10.2. The van der Waals surface area contributed by atoms with E-state index in [-0.39, 0.29) is 6.61 Å². The predicted molar refractivity (Wildman–Crippen MR) is 70.0 cm³/mol. The Balaban J connectivity index is 2.86. The highest BCUT2D eigenvalue weighted by Crippen LogP contribution is 2.23. The molecule has 4 nitrogen and oxygen atoms in total. The van der Waals surface area contributed by atoms with E-state index in [9.17, 15) is 0 Å². The van der Waals surface area contributed by atoms with Crippen molar-refractivity contribution in [3.63, 3.8) is 0 Å². The first-order valence-electron chi connectivity index (χ1n) is 5.27. The number of hydrogen-bond acceptors (Lipinski definition) is 4. The number of methoxy groups -OCH3 is 1. The Morgan fingerprint density at radius 2 is 2.24 bits per heavy atom. The fourth-order valence-corrected chi connectivity index (χ4v) is 1.94. The third kappa shape index (κ3) is 4.00. The summed E-state index contributed by atoms with van der Waals surface area (Å²) in [4.78, 5) is 2.01. The first kappa shape index (κ1) is 14.0. The lowest BCUT2D eigenvalue weighted by Gasteiger charge is -2.23. The number of anilines is 1. The second-order valence-electron chi connectivity index (χ2n) is 3.48. The Kier molecular flexibility index (Phi) is 5.98. The van der Waals surface area contributed by atoms with E-state index in [1.54, 1.807) is 13.2 Å². The number of aliphatic hydroxyl groups is 1. The van der Waals surface area contributed by atoms with Gasteiger partial charge in [-0.15, -0.1) is 0 Å². The number of halogens is 1. The van der Waals surface area contributed by atoms with E-state index in [0.717, 1.165) is 10.2 Å². The molecule has 17 heavy (non-hydrogen) atoms. The van der Waals surface area contributed by atoms with Gasteiger partial charge in [0.25, 0.3) is 0 Å². The van der Waals surface area contributed by atoms with Crippen LogP contribution >= 0.6 is 15.9 Å². The van der Waals surface area contributed by atoms with Crippen molar-refractivity contribution >= 4 is 21.6 Å². The van der Waals surface area contributed by atoms with Gasteiger partial charge in [-0.3, -0.25) is 0 Å². The Bertz CT molecular complexity index is 404. The minimum Gasteiger partial charge on any atom is -0.395 e. The van der Waals surface area contributed by atoms with E-state index in [1.807, 2.05) is 17.0 Å². The molecule has 1 aromatic carbocycles. The van der Waals surface area contributed by atoms with E-state index in [4.69, 9.17) is 15.1 Å². The largest absolute Gasteiger partial charge is 0.395 e. The molecule has 0 aliphatic rings. The summed E-state index contributed by atoms with van der Waals surface area (Å²) in [6, 6.07) is 7.61. The smallest absolute Gasteiger partial charge is 0.100 e. The summed E-state index contributed by atoms with van der Waals surface area (Å²) < 4.78 is 5.79. The van der Waals surface area contributed by atoms with Gasteiger partial charge in [0.1, 0.15) is 6.07 Å². The zero-order chi connectivity index (χ0) is 12.7. The molecular weight excluding hydrogens is 284 g/mol. The molecule has 0 aliphatic heterocycles. The minimum absolute atomic E-state index is 0.0847. The quantitative estimate of drug-likeness (QED) is 0.869. The Morgan fingerprint density at radius 1 is 1.47 bits per heavy atom. The van der Waals surface area contributed by atoms with Gasteiger partial charge in [-0.05, 0) is 34.1 Å². The van der Waals surface area contributed by atoms with Crippen molar-refractivity contribution in [2.24, 2.45) is 0 Å². The molecule has 0 heterocycles. The van der Waals surface area contributed by atoms with Crippen molar-refractivity contribution in [2.75, 3.05) is 38.3 Å². The van der Waals surface area contributed by atoms with Crippen LogP contribution in [0.15, 0.2) is 22.7 Å². The highest BCUT2D eigenvalue weighted by molar-refractivity contribution is 9.10. The SMILES string of the molecule is COCCN(CCO)c1ccc(C#N)c(Br)c1. The van der Waals surface area contributed by atoms with E-state index >= 15 is 0 Å². The van der Waals surface area contributed by atoms with Gasteiger partial charge >= 0.3 is 0 Å². The van der Waals surface area contributed by atoms with Crippen molar-refractivity contribution < 1.29 is 9.84 Å². The van der Waals surface area contributed by atoms with E-state index < -0.39 is 0 Å². The molecule has 0 amide bonds. The monoisotopic (exact) mass is 298 g/mol. The van der Waals surface area contributed by atoms with Crippen LogP contribution in [0.4, 0.5) is 5.69 Å². The fourth-order valence-electron chi connectivity index (χ4n) is 1.48. The molecule has 0 radical (unpaired) electrons. The molecule has 0 saturated heterocycles. The second-order valence-corrected chi connectivity index (χ2v) is 4.33. The Labute approximate surface area is 110 Å². The maximum atomic E-state index is 9.02. The standard InChI is InChI=1S/C12H15BrN2O2/c1-17-7-5-15(4-6-16)11-3-2-10(9-14)12(13)8-11/h2-3,8,16H,4-7H2,1H3. The average Bonchev–Trinajstić information content (AvgIpc) is 2.34. The number of benzene rings is 1. The van der Waals surface area contributed by atoms with Crippen LogP contribution in [-0.4, -0.2) is 38.5 Å². The molecule has 0 atom stereocenters. The van der Waals surface area contributed by atoms with Gasteiger partial charge in [0.15, 0.2) is 0 Å². The molecule has 0 spiro atoms. The third-order valence-corrected chi connectivity index (χ3v) is 3.03. The highest BCUT2D eigenvalue weighted by atomic mass is 79.9. The molecule has 1 aromatic rings. The van der Waals surface area contributed by atoms with Crippen LogP contribution in [-0.2, 0) is 4.74 Å². The normalized spacial score (nSPS) is 10.0. The summed E-state index contributed by atoms with van der Waals surface area (Å²) in [6.07, 6.45) is 0. The van der Waals surface area contributed by atoms with Crippen molar-refractivity contribution in [1.82, 2.24) is 0 Å². The zero-order valence-corrected chi connectivity index (χ0v) is 11.3. The maximum Gasteiger partial charge on any atom is 0.100 e. The molecule has 0 aliphatic carbocycles. The van der Waals surface area contributed by atoms with Gasteiger partial charge in [0.05, 0.1) is 18.8 Å². The topological polar surface area (TPSA) is 56.5 Å². The Hall–Kier alpha value is -1.09. The summed E-state index contributed by atoms with van der Waals surface area (Å²) in [6.45, 7) is 1.93. The van der Waals surface area contributed by atoms with Crippen LogP contribution < -0.4 is 4.90 Å². The van der Waals surface area contributed by atoms with E-state index in [1.165, 1.54) is 0 Å². The van der Waals surface area contributed by atoms with Crippen molar-refractivity contribution in [3.8, 4) is 6.07 Å². The molecule has 92 valence electrons. The molecule has 0 aromatic heterocycles. The number of hydrogen-bond donors (Lipinski definition) is 1. The summed E-state index contributed by atoms with van der Waals surface area (Å²) in [5, 5.41) is 17.9. The van der Waals surface area contributed by atoms with Crippen LogP contribution in [0.3, 0.4) is 0 Å². The summed E-state index contributed by atoms with van der Waals surface area (Å²) in [7, 11) is 1.64. The van der Waals surface area contributed by atoms with Gasteiger partial charge in [-0.1, -0.05) is 0 Å². The summed E-state index contributed by atoms with van der Waals surface area (Å²) >= 11 is 3.35. The van der Waals surface area contributed by atoms with Gasteiger partial charge in [0, 0.05) is 30.4 Å². The molecule has 0 saturated carbocycles. The number of rotatable bonds is 6. The third-order valence-electron chi connectivity index (χ3n) is 2.37. The van der Waals surface area contributed by atoms with Crippen LogP contribution in [0.25, 0.3) is 0 Å². The molecular formula is C12H15BrN2O2. The zero-order valence-electron chi connectivity index (χ0n) is 9.69. The first-order valence-corrected chi connectivity index (χ1v) is 6.06. The van der Waals surface area contributed by atoms with Crippen LogP contribution in [0.5, 0.6) is 0 Å². The molecule has 0 unspecified atom stereocenters. The second kappa shape index (κ2) is 7.28. The molecule has 5 heteroatoms. The van der Waals surface area contributed by atoms with Crippen molar-refractivity contribution in [2.45, 2.75) is 0 Å². The van der Waals surface area contributed by atoms with Crippen LogP contribution in [0.2, 0.25) is 0 Å². The number of nitriles is 1. The van der Waals surface area contributed by atoms with Crippen LogP contribution in [0.1, 0.15) is 5.56 Å². The van der Waals surface area contributed by atoms with Crippen molar-refractivity contribution in [1.29, 1.82) is 5.26 Å². The molecule has 0 bridgehead atoms. The van der Waals surface area contributed by atoms with Crippen molar-refractivity contribution in [3.05, 3.63) is 28.2 Å². The van der Waals surface area contributed by atoms with Gasteiger partial charge in [-0.25, -0.2) is 0 Å². The number of ether oxygens (including phenoxy) is 1. The number of aliphatic hydroxyl groups excluding tert-OH is 1. The van der Waals surface area contributed by atoms with Gasteiger partial charge < -0.3 is 14.7 Å². The molecule has 1 rings (SSSR count). The first-order chi connectivity index (χ1) is 8.22. The lowest BCUT2D eigenvalue weighted by Crippen LogP contribution is -2.30. The average molecular weight is 299 g/mol. The highest BCUT2D eigenvalue weighted by Gasteiger charge is 2.08. The minimum atomic E-state index is 0.0847. The van der Waals surface area contributed by atoms with E-state index in [2.05, 4.69) is 22.0 Å². The molecule has 0 fully saturated rings. The fraction of sp³-hybridized carbons (Fsp3) is 0.417. The Morgan fingerprint density at radius 3 is 2.76 bits per heavy atom. The maximum absolute atomic E-state index is 9.02. The summed E-state index contributed by atoms with van der Waals surface area (Å²) in [5.41, 5.74) is 1.56. The van der Waals surface area contributed by atoms with E-state index in [0.29, 0.717) is 25.3 Å². The summed E-state index contributed by atoms with van der Waals surface area (Å²) in [5.74, 6) is 0. The van der Waals surface area contributed by atoms with Gasteiger partial charge in [-0.2, -0.15) is 5.26 Å².